The highest BCUT2D eigenvalue weighted by atomic mass is 32.2. The molecule has 0 radical (unpaired) electrons. The summed E-state index contributed by atoms with van der Waals surface area (Å²) in [7, 11) is -3.90. The Morgan fingerprint density at radius 2 is 1.81 bits per heavy atom. The average molecular weight is 304 g/mol. The van der Waals surface area contributed by atoms with Crippen molar-refractivity contribution in [1.82, 2.24) is 4.83 Å². The summed E-state index contributed by atoms with van der Waals surface area (Å²) in [5.41, 5.74) is 0.629. The number of benzene rings is 2. The van der Waals surface area contributed by atoms with Crippen molar-refractivity contribution in [3.05, 3.63) is 65.7 Å². The van der Waals surface area contributed by atoms with Crippen LogP contribution in [0.5, 0.6) is 0 Å². The SMILES string of the molecule is O=C(O)c1cccc(S(=O)(=O)NN=Cc2ccccc2)c1. The van der Waals surface area contributed by atoms with Crippen molar-refractivity contribution in [2.75, 3.05) is 0 Å². The van der Waals surface area contributed by atoms with E-state index in [1.807, 2.05) is 10.9 Å². The molecule has 0 aromatic heterocycles. The van der Waals surface area contributed by atoms with Crippen molar-refractivity contribution >= 4 is 22.2 Å². The molecule has 0 amide bonds. The normalized spacial score (nSPS) is 11.4. The largest absolute Gasteiger partial charge is 0.478 e. The maximum Gasteiger partial charge on any atom is 0.335 e. The van der Waals surface area contributed by atoms with Crippen LogP contribution in [0.3, 0.4) is 0 Å². The van der Waals surface area contributed by atoms with E-state index >= 15 is 0 Å². The van der Waals surface area contributed by atoms with Gasteiger partial charge >= 0.3 is 5.97 Å². The summed E-state index contributed by atoms with van der Waals surface area (Å²) in [6.45, 7) is 0. The highest BCUT2D eigenvalue weighted by Gasteiger charge is 2.14. The first-order chi connectivity index (χ1) is 9.99. The zero-order chi connectivity index (χ0) is 15.3. The van der Waals surface area contributed by atoms with Gasteiger partial charge in [0.2, 0.25) is 0 Å². The number of carboxylic acid groups (broad SMARTS) is 1. The van der Waals surface area contributed by atoms with Crippen LogP contribution in [0, 0.1) is 0 Å². The summed E-state index contributed by atoms with van der Waals surface area (Å²) in [6, 6.07) is 14.0. The lowest BCUT2D eigenvalue weighted by atomic mass is 10.2. The van der Waals surface area contributed by atoms with Gasteiger partial charge in [-0.1, -0.05) is 36.4 Å². The van der Waals surface area contributed by atoms with Crippen LogP contribution in [-0.2, 0) is 10.0 Å². The van der Waals surface area contributed by atoms with Crippen LogP contribution in [0.2, 0.25) is 0 Å². The van der Waals surface area contributed by atoms with Crippen molar-refractivity contribution in [3.63, 3.8) is 0 Å². The van der Waals surface area contributed by atoms with Gasteiger partial charge in [-0.05, 0) is 23.8 Å². The minimum absolute atomic E-state index is 0.107. The molecule has 0 heterocycles. The van der Waals surface area contributed by atoms with E-state index in [1.165, 1.54) is 24.4 Å². The predicted octanol–water partition coefficient (Wildman–Crippen LogP) is 1.70. The van der Waals surface area contributed by atoms with Gasteiger partial charge in [-0.2, -0.15) is 13.5 Å². The van der Waals surface area contributed by atoms with Crippen LogP contribution in [0.15, 0.2) is 64.6 Å². The summed E-state index contributed by atoms with van der Waals surface area (Å²) in [4.78, 5) is 12.7. The predicted molar refractivity (Wildman–Crippen MR) is 77.8 cm³/mol. The average Bonchev–Trinajstić information content (AvgIpc) is 2.48. The molecule has 0 saturated heterocycles. The third-order valence-electron chi connectivity index (χ3n) is 2.58. The van der Waals surface area contributed by atoms with E-state index < -0.39 is 16.0 Å². The number of hydrazone groups is 1. The molecule has 6 nitrogen and oxygen atoms in total. The highest BCUT2D eigenvalue weighted by Crippen LogP contribution is 2.11. The first-order valence-corrected chi connectivity index (χ1v) is 7.41. The number of hydrogen-bond donors (Lipinski definition) is 2. The van der Waals surface area contributed by atoms with Crippen LogP contribution in [0.25, 0.3) is 0 Å². The topological polar surface area (TPSA) is 95.8 Å². The highest BCUT2D eigenvalue weighted by molar-refractivity contribution is 7.89. The van der Waals surface area contributed by atoms with Crippen molar-refractivity contribution in [1.29, 1.82) is 0 Å². The van der Waals surface area contributed by atoms with Gasteiger partial charge in [0.05, 0.1) is 16.7 Å². The number of hydrogen-bond acceptors (Lipinski definition) is 4. The number of carboxylic acids is 1. The van der Waals surface area contributed by atoms with E-state index in [2.05, 4.69) is 5.10 Å². The fourth-order valence-corrected chi connectivity index (χ4v) is 2.40. The lowest BCUT2D eigenvalue weighted by Crippen LogP contribution is -2.18. The molecular weight excluding hydrogens is 292 g/mol. The summed E-state index contributed by atoms with van der Waals surface area (Å²) in [6.07, 6.45) is 1.36. The molecule has 0 saturated carbocycles. The van der Waals surface area contributed by atoms with Crippen molar-refractivity contribution in [3.8, 4) is 0 Å². The number of rotatable bonds is 5. The van der Waals surface area contributed by atoms with E-state index in [4.69, 9.17) is 5.11 Å². The van der Waals surface area contributed by atoms with Crippen LogP contribution < -0.4 is 4.83 Å². The van der Waals surface area contributed by atoms with Gasteiger partial charge in [-0.25, -0.2) is 9.63 Å². The molecule has 21 heavy (non-hydrogen) atoms. The molecule has 0 bridgehead atoms. The molecule has 2 aromatic rings. The van der Waals surface area contributed by atoms with Gasteiger partial charge in [-0.15, -0.1) is 0 Å². The molecule has 0 atom stereocenters. The van der Waals surface area contributed by atoms with Gasteiger partial charge in [0.15, 0.2) is 0 Å². The number of nitrogens with zero attached hydrogens (tertiary/aromatic N) is 1. The summed E-state index contributed by atoms with van der Waals surface area (Å²) < 4.78 is 24.0. The van der Waals surface area contributed by atoms with Gasteiger partial charge < -0.3 is 5.11 Å². The van der Waals surface area contributed by atoms with Crippen molar-refractivity contribution < 1.29 is 18.3 Å². The Balaban J connectivity index is 2.17. The van der Waals surface area contributed by atoms with Gasteiger partial charge in [0.25, 0.3) is 10.0 Å². The Labute approximate surface area is 121 Å². The molecule has 0 aliphatic rings. The lowest BCUT2D eigenvalue weighted by molar-refractivity contribution is 0.0696. The van der Waals surface area contributed by atoms with E-state index in [9.17, 15) is 13.2 Å². The second-order valence-corrected chi connectivity index (χ2v) is 5.76. The molecule has 7 heteroatoms. The Kier molecular flexibility index (Phi) is 4.34. The minimum atomic E-state index is -3.90. The summed E-state index contributed by atoms with van der Waals surface area (Å²) in [5.74, 6) is -1.19. The Hall–Kier alpha value is -2.67. The summed E-state index contributed by atoms with van der Waals surface area (Å²) >= 11 is 0. The molecule has 0 fully saturated rings. The first kappa shape index (κ1) is 14.7. The molecule has 2 N–H and O–H groups in total. The molecule has 108 valence electrons. The van der Waals surface area contributed by atoms with E-state index in [0.29, 0.717) is 0 Å². The number of carbonyl (C=O) groups is 1. The maximum atomic E-state index is 12.0. The second kappa shape index (κ2) is 6.19. The van der Waals surface area contributed by atoms with Crippen LogP contribution >= 0.6 is 0 Å². The zero-order valence-corrected chi connectivity index (χ0v) is 11.6. The fraction of sp³-hybridized carbons (Fsp3) is 0. The van der Waals surface area contributed by atoms with Gasteiger partial charge in [-0.3, -0.25) is 0 Å². The van der Waals surface area contributed by atoms with Gasteiger partial charge in [0.1, 0.15) is 0 Å². The molecule has 0 aliphatic carbocycles. The van der Waals surface area contributed by atoms with E-state index in [0.717, 1.165) is 11.6 Å². The molecule has 2 aromatic carbocycles. The summed E-state index contributed by atoms with van der Waals surface area (Å²) in [5, 5.41) is 12.5. The van der Waals surface area contributed by atoms with Crippen LogP contribution in [0.4, 0.5) is 0 Å². The minimum Gasteiger partial charge on any atom is -0.478 e. The zero-order valence-electron chi connectivity index (χ0n) is 10.8. The molecule has 0 aliphatic heterocycles. The monoisotopic (exact) mass is 304 g/mol. The number of nitrogens with one attached hydrogen (secondary N) is 1. The second-order valence-electron chi connectivity index (χ2n) is 4.10. The lowest BCUT2D eigenvalue weighted by Gasteiger charge is -2.04. The standard InChI is InChI=1S/C14H12N2O4S/c17-14(18)12-7-4-8-13(9-12)21(19,20)16-15-10-11-5-2-1-3-6-11/h1-10,16H,(H,17,18). The Morgan fingerprint density at radius 1 is 1.10 bits per heavy atom. The molecular formula is C14H12N2O4S. The quantitative estimate of drug-likeness (QED) is 0.649. The third-order valence-corrected chi connectivity index (χ3v) is 3.80. The van der Waals surface area contributed by atoms with Gasteiger partial charge in [0, 0.05) is 0 Å². The van der Waals surface area contributed by atoms with Crippen molar-refractivity contribution in [2.24, 2.45) is 5.10 Å². The Morgan fingerprint density at radius 3 is 2.48 bits per heavy atom. The Bertz CT molecular complexity index is 771. The number of aromatic carboxylic acids is 1. The molecule has 2 rings (SSSR count). The first-order valence-electron chi connectivity index (χ1n) is 5.92. The molecule has 0 unspecified atom stereocenters. The van der Waals surface area contributed by atoms with Crippen LogP contribution in [0.1, 0.15) is 15.9 Å². The molecule has 0 spiro atoms. The number of sulfonamides is 1. The maximum absolute atomic E-state index is 12.0. The smallest absolute Gasteiger partial charge is 0.335 e. The van der Waals surface area contributed by atoms with Crippen molar-refractivity contribution in [2.45, 2.75) is 4.90 Å². The van der Waals surface area contributed by atoms with E-state index in [1.54, 1.807) is 24.3 Å². The van der Waals surface area contributed by atoms with E-state index in [-0.39, 0.29) is 10.5 Å². The fourth-order valence-electron chi connectivity index (χ4n) is 1.56. The third kappa shape index (κ3) is 3.90. The van der Waals surface area contributed by atoms with Crippen LogP contribution in [-0.4, -0.2) is 25.7 Å².